The molecule has 1 heterocycles. The van der Waals surface area contributed by atoms with E-state index >= 15 is 0 Å². The molecule has 0 aliphatic carbocycles. The average molecular weight is 563 g/mol. The summed E-state index contributed by atoms with van der Waals surface area (Å²) >= 11 is 0. The second-order valence-corrected chi connectivity index (χ2v) is 11.0. The van der Waals surface area contributed by atoms with Gasteiger partial charge in [0.25, 0.3) is 5.91 Å². The summed E-state index contributed by atoms with van der Waals surface area (Å²) < 4.78 is 27.0. The molecule has 224 valence electrons. The molecule has 2 amide bonds. The lowest BCUT2D eigenvalue weighted by molar-refractivity contribution is -0.137. The number of carbonyl (C=O) groups excluding carboxylic acids is 3. The lowest BCUT2D eigenvalue weighted by Gasteiger charge is -2.31. The topological polar surface area (TPSA) is 104 Å². The number of methoxy groups -OCH3 is 2. The van der Waals surface area contributed by atoms with Crippen LogP contribution in [0.5, 0.6) is 11.5 Å². The quantitative estimate of drug-likeness (QED) is 0.196. The average Bonchev–Trinajstić information content (AvgIpc) is 3.30. The van der Waals surface area contributed by atoms with E-state index < -0.39 is 17.7 Å². The standard InChI is InChI=1S/C30H46N2O8/c1-9-38-27(33)14-12-23-18-31(29(35)40-30(4,5)6)19-24(23)20-32(21(2)3)28(34)22-11-13-25(37-8)26(17-22)39-16-10-15-36-7/h11-14,17,21,23-24H,9-10,15-16,18-20H2,1-8H3/t23-,24+/m1/s1. The maximum Gasteiger partial charge on any atom is 0.410 e. The third kappa shape index (κ3) is 10.0. The van der Waals surface area contributed by atoms with Crippen molar-refractivity contribution in [2.75, 3.05) is 53.7 Å². The van der Waals surface area contributed by atoms with Crippen LogP contribution < -0.4 is 9.47 Å². The highest BCUT2D eigenvalue weighted by Gasteiger charge is 2.38. The summed E-state index contributed by atoms with van der Waals surface area (Å²) in [6, 6.07) is 5.02. The van der Waals surface area contributed by atoms with Gasteiger partial charge in [0, 0.05) is 69.3 Å². The summed E-state index contributed by atoms with van der Waals surface area (Å²) in [7, 11) is 3.19. The van der Waals surface area contributed by atoms with E-state index in [1.165, 1.54) is 6.08 Å². The zero-order valence-corrected chi connectivity index (χ0v) is 25.2. The Kier molecular flexibility index (Phi) is 12.8. The number of rotatable bonds is 13. The lowest BCUT2D eigenvalue weighted by atomic mass is 9.94. The number of amides is 2. The SMILES string of the molecule is CCOC(=O)C=C[C@@H]1CN(C(=O)OC(C)(C)C)C[C@H]1CN(C(=O)c1ccc(OC)c(OCCCOC)c1)C(C)C. The van der Waals surface area contributed by atoms with Gasteiger partial charge >= 0.3 is 12.1 Å². The van der Waals surface area contributed by atoms with Gasteiger partial charge in [0.2, 0.25) is 0 Å². The fourth-order valence-corrected chi connectivity index (χ4v) is 4.43. The predicted molar refractivity (Wildman–Crippen MR) is 152 cm³/mol. The summed E-state index contributed by atoms with van der Waals surface area (Å²) in [6.07, 6.45) is 3.46. The van der Waals surface area contributed by atoms with Crippen molar-refractivity contribution in [2.45, 2.75) is 59.6 Å². The van der Waals surface area contributed by atoms with Gasteiger partial charge in [-0.3, -0.25) is 4.79 Å². The van der Waals surface area contributed by atoms with Crippen LogP contribution in [0, 0.1) is 11.8 Å². The molecule has 1 aromatic carbocycles. The van der Waals surface area contributed by atoms with Crippen LogP contribution in [0.15, 0.2) is 30.4 Å². The smallest absolute Gasteiger partial charge is 0.410 e. The molecule has 0 radical (unpaired) electrons. The molecule has 2 atom stereocenters. The van der Waals surface area contributed by atoms with E-state index in [4.69, 9.17) is 23.7 Å². The normalized spacial score (nSPS) is 17.3. The summed E-state index contributed by atoms with van der Waals surface area (Å²) in [5, 5.41) is 0. The van der Waals surface area contributed by atoms with Gasteiger partial charge in [0.15, 0.2) is 11.5 Å². The maximum absolute atomic E-state index is 13.8. The highest BCUT2D eigenvalue weighted by atomic mass is 16.6. The van der Waals surface area contributed by atoms with Gasteiger partial charge in [-0.15, -0.1) is 0 Å². The van der Waals surface area contributed by atoms with Gasteiger partial charge in [-0.1, -0.05) is 6.08 Å². The van der Waals surface area contributed by atoms with Crippen LogP contribution in [0.2, 0.25) is 0 Å². The number of ether oxygens (including phenoxy) is 5. The van der Waals surface area contributed by atoms with Crippen molar-refractivity contribution in [3.8, 4) is 11.5 Å². The van der Waals surface area contributed by atoms with Crippen molar-refractivity contribution in [1.29, 1.82) is 0 Å². The minimum absolute atomic E-state index is 0.118. The fourth-order valence-electron chi connectivity index (χ4n) is 4.43. The Morgan fingerprint density at radius 2 is 1.82 bits per heavy atom. The Bertz CT molecular complexity index is 1020. The summed E-state index contributed by atoms with van der Waals surface area (Å²) in [6.45, 7) is 13.5. The van der Waals surface area contributed by atoms with Crippen LogP contribution in [0.25, 0.3) is 0 Å². The van der Waals surface area contributed by atoms with Crippen molar-refractivity contribution >= 4 is 18.0 Å². The molecule has 10 nitrogen and oxygen atoms in total. The highest BCUT2D eigenvalue weighted by Crippen LogP contribution is 2.31. The number of benzene rings is 1. The summed E-state index contributed by atoms with van der Waals surface area (Å²) in [5.74, 6) is 0.140. The summed E-state index contributed by atoms with van der Waals surface area (Å²) in [4.78, 5) is 42.1. The van der Waals surface area contributed by atoms with Gasteiger partial charge in [-0.25, -0.2) is 9.59 Å². The van der Waals surface area contributed by atoms with Crippen LogP contribution in [-0.2, 0) is 19.0 Å². The zero-order valence-electron chi connectivity index (χ0n) is 25.2. The van der Waals surface area contributed by atoms with E-state index in [-0.39, 0.29) is 30.4 Å². The summed E-state index contributed by atoms with van der Waals surface area (Å²) in [5.41, 5.74) is -0.167. The van der Waals surface area contributed by atoms with Crippen LogP contribution in [0.3, 0.4) is 0 Å². The van der Waals surface area contributed by atoms with Crippen molar-refractivity contribution in [2.24, 2.45) is 11.8 Å². The molecule has 1 aliphatic heterocycles. The maximum atomic E-state index is 13.8. The molecule has 2 rings (SSSR count). The Morgan fingerprint density at radius 3 is 2.42 bits per heavy atom. The molecule has 1 aromatic rings. The monoisotopic (exact) mass is 562 g/mol. The number of hydrogen-bond acceptors (Lipinski definition) is 8. The van der Waals surface area contributed by atoms with Gasteiger partial charge in [0.05, 0.1) is 20.3 Å². The molecule has 0 saturated carbocycles. The van der Waals surface area contributed by atoms with E-state index in [1.54, 1.807) is 55.2 Å². The Labute approximate surface area is 238 Å². The Hall–Kier alpha value is -3.27. The number of carbonyl (C=O) groups is 3. The molecule has 40 heavy (non-hydrogen) atoms. The minimum Gasteiger partial charge on any atom is -0.493 e. The molecular formula is C30H46N2O8. The van der Waals surface area contributed by atoms with Crippen molar-refractivity contribution in [3.63, 3.8) is 0 Å². The number of likely N-dealkylation sites (tertiary alicyclic amines) is 1. The molecule has 0 spiro atoms. The first-order valence-electron chi connectivity index (χ1n) is 13.8. The van der Waals surface area contributed by atoms with Crippen molar-refractivity contribution in [3.05, 3.63) is 35.9 Å². The molecule has 1 aliphatic rings. The van der Waals surface area contributed by atoms with Crippen LogP contribution in [-0.4, -0.2) is 93.1 Å². The molecule has 1 fully saturated rings. The van der Waals surface area contributed by atoms with E-state index in [2.05, 4.69) is 0 Å². The number of esters is 1. The molecule has 0 unspecified atom stereocenters. The van der Waals surface area contributed by atoms with Crippen molar-refractivity contribution in [1.82, 2.24) is 9.80 Å². The first-order valence-corrected chi connectivity index (χ1v) is 13.8. The first kappa shape index (κ1) is 32.9. The van der Waals surface area contributed by atoms with Gasteiger partial charge in [0.1, 0.15) is 5.60 Å². The van der Waals surface area contributed by atoms with Gasteiger partial charge in [-0.2, -0.15) is 0 Å². The number of nitrogens with zero attached hydrogens (tertiary/aromatic N) is 2. The van der Waals surface area contributed by atoms with Crippen LogP contribution in [0.1, 0.15) is 58.3 Å². The second-order valence-electron chi connectivity index (χ2n) is 11.0. The van der Waals surface area contributed by atoms with Crippen LogP contribution in [0.4, 0.5) is 4.79 Å². The van der Waals surface area contributed by atoms with Crippen molar-refractivity contribution < 1.29 is 38.1 Å². The van der Waals surface area contributed by atoms with Gasteiger partial charge < -0.3 is 33.5 Å². The molecule has 0 aromatic heterocycles. The Morgan fingerprint density at radius 1 is 1.10 bits per heavy atom. The minimum atomic E-state index is -0.636. The van der Waals surface area contributed by atoms with E-state index in [0.717, 1.165) is 0 Å². The van der Waals surface area contributed by atoms with E-state index in [1.807, 2.05) is 34.6 Å². The van der Waals surface area contributed by atoms with E-state index in [9.17, 15) is 14.4 Å². The molecule has 1 saturated heterocycles. The predicted octanol–water partition coefficient (Wildman–Crippen LogP) is 4.56. The molecule has 0 N–H and O–H groups in total. The third-order valence-corrected chi connectivity index (χ3v) is 6.39. The van der Waals surface area contributed by atoms with Gasteiger partial charge in [-0.05, 0) is 59.7 Å². The molecule has 10 heteroatoms. The Balaban J connectivity index is 2.28. The fraction of sp³-hybridized carbons (Fsp3) is 0.633. The second kappa shape index (κ2) is 15.5. The highest BCUT2D eigenvalue weighted by molar-refractivity contribution is 5.95. The van der Waals surface area contributed by atoms with Crippen LogP contribution >= 0.6 is 0 Å². The van der Waals surface area contributed by atoms with E-state index in [0.29, 0.717) is 56.3 Å². The molecular weight excluding hydrogens is 516 g/mol. The third-order valence-electron chi connectivity index (χ3n) is 6.39. The lowest BCUT2D eigenvalue weighted by Crippen LogP contribution is -2.42. The largest absolute Gasteiger partial charge is 0.493 e. The molecule has 0 bridgehead atoms. The number of hydrogen-bond donors (Lipinski definition) is 0. The first-order chi connectivity index (χ1) is 18.9. The zero-order chi connectivity index (χ0) is 29.9.